The molecule has 5 nitrogen and oxygen atoms in total. The number of halogens is 3. The molecule has 0 aliphatic heterocycles. The molecule has 0 aromatic heterocycles. The lowest BCUT2D eigenvalue weighted by atomic mass is 10.1. The van der Waals surface area contributed by atoms with E-state index in [2.05, 4.69) is 9.46 Å². The van der Waals surface area contributed by atoms with Gasteiger partial charge in [0.15, 0.2) is 0 Å². The van der Waals surface area contributed by atoms with Crippen LogP contribution in [-0.4, -0.2) is 21.5 Å². The van der Waals surface area contributed by atoms with Crippen molar-refractivity contribution < 1.29 is 31.1 Å². The van der Waals surface area contributed by atoms with Crippen LogP contribution in [0.5, 0.6) is 0 Å². The van der Waals surface area contributed by atoms with E-state index in [0.717, 1.165) is 12.1 Å². The normalized spacial score (nSPS) is 13.3. The van der Waals surface area contributed by atoms with Crippen molar-refractivity contribution in [2.24, 2.45) is 0 Å². The fraction of sp³-hybridized carbons (Fsp3) is 0.235. The van der Waals surface area contributed by atoms with E-state index in [9.17, 15) is 26.4 Å². The maximum atomic E-state index is 12.8. The molecule has 0 fully saturated rings. The van der Waals surface area contributed by atoms with E-state index in [1.807, 2.05) is 0 Å². The van der Waals surface area contributed by atoms with Crippen LogP contribution in [0.4, 0.5) is 13.2 Å². The molecule has 26 heavy (non-hydrogen) atoms. The first kappa shape index (κ1) is 19.9. The van der Waals surface area contributed by atoms with Gasteiger partial charge in [0.2, 0.25) is 10.0 Å². The van der Waals surface area contributed by atoms with Gasteiger partial charge < -0.3 is 4.74 Å². The lowest BCUT2D eigenvalue weighted by Gasteiger charge is -2.16. The van der Waals surface area contributed by atoms with Gasteiger partial charge in [0, 0.05) is 6.04 Å². The first-order valence-electron chi connectivity index (χ1n) is 7.42. The van der Waals surface area contributed by atoms with Gasteiger partial charge in [-0.15, -0.1) is 0 Å². The number of hydrogen-bond acceptors (Lipinski definition) is 4. The summed E-state index contributed by atoms with van der Waals surface area (Å²) in [5.41, 5.74) is -0.504. The third kappa shape index (κ3) is 4.61. The Morgan fingerprint density at radius 2 is 1.73 bits per heavy atom. The number of ether oxygens (including phenoxy) is 1. The number of benzene rings is 2. The molecule has 0 amide bonds. The summed E-state index contributed by atoms with van der Waals surface area (Å²) >= 11 is 0. The van der Waals surface area contributed by atoms with Crippen molar-refractivity contribution in [3.05, 3.63) is 65.2 Å². The van der Waals surface area contributed by atoms with Gasteiger partial charge in [0.25, 0.3) is 0 Å². The summed E-state index contributed by atoms with van der Waals surface area (Å²) in [5, 5.41) is 0. The van der Waals surface area contributed by atoms with E-state index in [1.165, 1.54) is 50.4 Å². The molecule has 0 saturated carbocycles. The maximum Gasteiger partial charge on any atom is 0.416 e. The smallest absolute Gasteiger partial charge is 0.416 e. The molecule has 0 radical (unpaired) electrons. The van der Waals surface area contributed by atoms with E-state index < -0.39 is 33.8 Å². The summed E-state index contributed by atoms with van der Waals surface area (Å²) in [6.07, 6.45) is -4.52. The number of hydrogen-bond donors (Lipinski definition) is 1. The lowest BCUT2D eigenvalue weighted by molar-refractivity contribution is -0.137. The summed E-state index contributed by atoms with van der Waals surface area (Å²) < 4.78 is 70.0. The zero-order valence-corrected chi connectivity index (χ0v) is 14.7. The third-order valence-corrected chi connectivity index (χ3v) is 5.19. The van der Waals surface area contributed by atoms with Gasteiger partial charge in [-0.3, -0.25) is 0 Å². The average Bonchev–Trinajstić information content (AvgIpc) is 2.60. The molecule has 0 aliphatic rings. The number of carbonyl (C=O) groups is 1. The summed E-state index contributed by atoms with van der Waals surface area (Å²) in [6, 6.07) is 8.55. The molecular weight excluding hydrogens is 371 g/mol. The van der Waals surface area contributed by atoms with Gasteiger partial charge in [-0.05, 0) is 48.9 Å². The quantitative estimate of drug-likeness (QED) is 0.797. The first-order chi connectivity index (χ1) is 12.0. The molecule has 140 valence electrons. The fourth-order valence-corrected chi connectivity index (χ4v) is 3.47. The Labute approximate surface area is 148 Å². The highest BCUT2D eigenvalue weighted by Gasteiger charge is 2.31. The van der Waals surface area contributed by atoms with Crippen molar-refractivity contribution in [1.82, 2.24) is 4.72 Å². The Kier molecular flexibility index (Phi) is 5.72. The highest BCUT2D eigenvalue weighted by Crippen LogP contribution is 2.31. The second-order valence-corrected chi connectivity index (χ2v) is 7.20. The van der Waals surface area contributed by atoms with Gasteiger partial charge in [0.1, 0.15) is 0 Å². The molecule has 2 aromatic rings. The monoisotopic (exact) mass is 387 g/mol. The van der Waals surface area contributed by atoms with Crippen LogP contribution in [0, 0.1) is 0 Å². The van der Waals surface area contributed by atoms with Crippen LogP contribution in [0.2, 0.25) is 0 Å². The highest BCUT2D eigenvalue weighted by atomic mass is 32.2. The first-order valence-corrected chi connectivity index (χ1v) is 8.91. The standard InChI is InChI=1S/C17H16F3NO4S/c1-11(13-4-3-5-14(10-13)17(18,19)20)21-26(23,24)15-8-6-12(7-9-15)16(22)25-2/h3-11,21H,1-2H3/t11-/m1/s1. The number of nitrogens with one attached hydrogen (secondary N) is 1. The predicted octanol–water partition coefficient (Wildman–Crippen LogP) is 3.53. The Morgan fingerprint density at radius 3 is 2.27 bits per heavy atom. The van der Waals surface area contributed by atoms with Gasteiger partial charge >= 0.3 is 12.1 Å². The van der Waals surface area contributed by atoms with Crippen LogP contribution in [0.15, 0.2) is 53.4 Å². The summed E-state index contributed by atoms with van der Waals surface area (Å²) in [5.74, 6) is -0.612. The van der Waals surface area contributed by atoms with Crippen molar-refractivity contribution in [2.75, 3.05) is 7.11 Å². The Morgan fingerprint density at radius 1 is 1.12 bits per heavy atom. The average molecular weight is 387 g/mol. The highest BCUT2D eigenvalue weighted by molar-refractivity contribution is 7.89. The molecule has 0 aliphatic carbocycles. The Balaban J connectivity index is 2.22. The Hall–Kier alpha value is -2.39. The molecule has 0 saturated heterocycles. The van der Waals surface area contributed by atoms with Crippen molar-refractivity contribution in [3.63, 3.8) is 0 Å². The van der Waals surface area contributed by atoms with Crippen LogP contribution >= 0.6 is 0 Å². The summed E-state index contributed by atoms with van der Waals surface area (Å²) in [4.78, 5) is 11.2. The van der Waals surface area contributed by atoms with Crippen LogP contribution < -0.4 is 4.72 Å². The van der Waals surface area contributed by atoms with Gasteiger partial charge in [-0.2, -0.15) is 13.2 Å². The lowest BCUT2D eigenvalue weighted by Crippen LogP contribution is -2.27. The van der Waals surface area contributed by atoms with Crippen molar-refractivity contribution >= 4 is 16.0 Å². The number of rotatable bonds is 5. The zero-order valence-electron chi connectivity index (χ0n) is 13.9. The fourth-order valence-electron chi connectivity index (χ4n) is 2.24. The number of esters is 1. The van der Waals surface area contributed by atoms with E-state index >= 15 is 0 Å². The minimum absolute atomic E-state index is 0.121. The summed E-state index contributed by atoms with van der Waals surface area (Å²) in [7, 11) is -2.79. The topological polar surface area (TPSA) is 72.5 Å². The predicted molar refractivity (Wildman–Crippen MR) is 88.0 cm³/mol. The van der Waals surface area contributed by atoms with Crippen molar-refractivity contribution in [3.8, 4) is 0 Å². The molecule has 0 bridgehead atoms. The van der Waals surface area contributed by atoms with Crippen LogP contribution in [0.1, 0.15) is 34.5 Å². The van der Waals surface area contributed by atoms with Crippen molar-refractivity contribution in [1.29, 1.82) is 0 Å². The van der Waals surface area contributed by atoms with Gasteiger partial charge in [0.05, 0.1) is 23.1 Å². The molecule has 2 rings (SSSR count). The molecule has 9 heteroatoms. The number of carbonyl (C=O) groups excluding carboxylic acids is 1. The van der Waals surface area contributed by atoms with Crippen LogP contribution in [0.3, 0.4) is 0 Å². The largest absolute Gasteiger partial charge is 0.465 e. The number of methoxy groups -OCH3 is 1. The number of sulfonamides is 1. The van der Waals surface area contributed by atoms with Crippen molar-refractivity contribution in [2.45, 2.75) is 24.0 Å². The van der Waals surface area contributed by atoms with E-state index in [0.29, 0.717) is 0 Å². The van der Waals surface area contributed by atoms with E-state index in [4.69, 9.17) is 0 Å². The zero-order chi connectivity index (χ0) is 19.5. The third-order valence-electron chi connectivity index (χ3n) is 3.63. The summed E-state index contributed by atoms with van der Waals surface area (Å²) in [6.45, 7) is 1.44. The second kappa shape index (κ2) is 7.46. The molecule has 1 atom stereocenters. The molecule has 0 spiro atoms. The van der Waals surface area contributed by atoms with Gasteiger partial charge in [-0.1, -0.05) is 12.1 Å². The SMILES string of the molecule is COC(=O)c1ccc(S(=O)(=O)N[C@H](C)c2cccc(C(F)(F)F)c2)cc1. The Bertz CT molecular complexity index is 893. The molecular formula is C17H16F3NO4S. The maximum absolute atomic E-state index is 12.8. The number of alkyl halides is 3. The molecule has 0 unspecified atom stereocenters. The molecule has 0 heterocycles. The second-order valence-electron chi connectivity index (χ2n) is 5.48. The van der Waals surface area contributed by atoms with Gasteiger partial charge in [-0.25, -0.2) is 17.9 Å². The molecule has 1 N–H and O–H groups in total. The van der Waals surface area contributed by atoms with Crippen LogP contribution in [0.25, 0.3) is 0 Å². The minimum atomic E-state index is -4.52. The minimum Gasteiger partial charge on any atom is -0.465 e. The molecule has 2 aromatic carbocycles. The van der Waals surface area contributed by atoms with Crippen LogP contribution in [-0.2, 0) is 20.9 Å². The van der Waals surface area contributed by atoms with E-state index in [1.54, 1.807) is 0 Å². The van der Waals surface area contributed by atoms with E-state index in [-0.39, 0.29) is 16.0 Å².